The summed E-state index contributed by atoms with van der Waals surface area (Å²) in [5.74, 6) is 2.12. The Kier molecular flexibility index (Phi) is 7.31. The summed E-state index contributed by atoms with van der Waals surface area (Å²) in [6.45, 7) is 7.69. The number of hydrogen-bond donors (Lipinski definition) is 0. The maximum Gasteiger partial charge on any atom is 0.165 e. The van der Waals surface area contributed by atoms with Gasteiger partial charge in [-0.25, -0.2) is 0 Å². The molecule has 4 aromatic carbocycles. The standard InChI is InChI=1S/C30H30O3/c1-22-7-4-10-25(15-22)19-31-28-13-14-29(32-20-26-11-5-8-23(2)16-26)30(18-28)33-21-27-12-6-9-24(3)17-27/h4-18H,19-21H2,1-3H3. The van der Waals surface area contributed by atoms with Crippen molar-refractivity contribution in [1.29, 1.82) is 0 Å². The predicted octanol–water partition coefficient (Wildman–Crippen LogP) is 7.35. The largest absolute Gasteiger partial charge is 0.489 e. The lowest BCUT2D eigenvalue weighted by atomic mass is 10.1. The fraction of sp³-hybridized carbons (Fsp3) is 0.200. The van der Waals surface area contributed by atoms with Gasteiger partial charge in [-0.15, -0.1) is 0 Å². The second-order valence-electron chi connectivity index (χ2n) is 8.44. The molecule has 0 amide bonds. The summed E-state index contributed by atoms with van der Waals surface area (Å²) >= 11 is 0. The van der Waals surface area contributed by atoms with E-state index in [2.05, 4.69) is 75.4 Å². The van der Waals surface area contributed by atoms with Crippen LogP contribution in [0.4, 0.5) is 0 Å². The third kappa shape index (κ3) is 6.63. The molecule has 0 aliphatic heterocycles. The number of hydrogen-bond acceptors (Lipinski definition) is 3. The average molecular weight is 439 g/mol. The van der Waals surface area contributed by atoms with Crippen molar-refractivity contribution in [2.75, 3.05) is 0 Å². The molecule has 0 atom stereocenters. The highest BCUT2D eigenvalue weighted by molar-refractivity contribution is 5.46. The third-order valence-electron chi connectivity index (χ3n) is 5.36. The molecule has 4 rings (SSSR count). The Morgan fingerprint density at radius 1 is 0.455 bits per heavy atom. The molecule has 0 fully saturated rings. The predicted molar refractivity (Wildman–Crippen MR) is 133 cm³/mol. The van der Waals surface area contributed by atoms with Crippen molar-refractivity contribution in [3.05, 3.63) is 124 Å². The zero-order valence-electron chi connectivity index (χ0n) is 19.5. The van der Waals surface area contributed by atoms with Crippen LogP contribution >= 0.6 is 0 Å². The summed E-state index contributed by atoms with van der Waals surface area (Å²) in [5, 5.41) is 0. The van der Waals surface area contributed by atoms with E-state index >= 15 is 0 Å². The van der Waals surface area contributed by atoms with E-state index in [1.807, 2.05) is 36.4 Å². The molecule has 4 aromatic rings. The molecular weight excluding hydrogens is 408 g/mol. The number of aryl methyl sites for hydroxylation is 3. The fourth-order valence-corrected chi connectivity index (χ4v) is 3.70. The molecular formula is C30H30O3. The van der Waals surface area contributed by atoms with Gasteiger partial charge in [0.25, 0.3) is 0 Å². The first-order valence-electron chi connectivity index (χ1n) is 11.2. The highest BCUT2D eigenvalue weighted by atomic mass is 16.5. The lowest BCUT2D eigenvalue weighted by Gasteiger charge is -2.15. The zero-order valence-corrected chi connectivity index (χ0v) is 19.5. The summed E-state index contributed by atoms with van der Waals surface area (Å²) in [6.07, 6.45) is 0. The van der Waals surface area contributed by atoms with Gasteiger partial charge in [-0.2, -0.15) is 0 Å². The minimum absolute atomic E-state index is 0.462. The van der Waals surface area contributed by atoms with Crippen LogP contribution in [0.2, 0.25) is 0 Å². The second kappa shape index (κ2) is 10.7. The van der Waals surface area contributed by atoms with Crippen LogP contribution in [0.15, 0.2) is 91.0 Å². The molecule has 0 spiro atoms. The van der Waals surface area contributed by atoms with Crippen LogP contribution in [0.25, 0.3) is 0 Å². The van der Waals surface area contributed by atoms with Crippen molar-refractivity contribution < 1.29 is 14.2 Å². The third-order valence-corrected chi connectivity index (χ3v) is 5.36. The Labute approximate surface area is 196 Å². The van der Waals surface area contributed by atoms with Crippen LogP contribution in [0.1, 0.15) is 33.4 Å². The van der Waals surface area contributed by atoms with Gasteiger partial charge in [0.1, 0.15) is 25.6 Å². The highest BCUT2D eigenvalue weighted by Crippen LogP contribution is 2.33. The molecule has 0 N–H and O–H groups in total. The summed E-state index contributed by atoms with van der Waals surface area (Å²) in [7, 11) is 0. The normalized spacial score (nSPS) is 10.6. The Bertz CT molecular complexity index is 1210. The minimum Gasteiger partial charge on any atom is -0.489 e. The maximum atomic E-state index is 6.20. The SMILES string of the molecule is Cc1cccc(COc2ccc(OCc3cccc(C)c3)c(OCc3cccc(C)c3)c2)c1. The molecule has 0 aliphatic carbocycles. The minimum atomic E-state index is 0.462. The number of ether oxygens (including phenoxy) is 3. The molecule has 3 heteroatoms. The first kappa shape index (κ1) is 22.5. The molecule has 0 radical (unpaired) electrons. The monoisotopic (exact) mass is 438 g/mol. The van der Waals surface area contributed by atoms with E-state index in [1.54, 1.807) is 0 Å². The van der Waals surface area contributed by atoms with E-state index in [0.717, 1.165) is 22.4 Å². The van der Waals surface area contributed by atoms with Crippen LogP contribution in [-0.2, 0) is 19.8 Å². The molecule has 0 saturated heterocycles. The Morgan fingerprint density at radius 2 is 0.909 bits per heavy atom. The molecule has 168 valence electrons. The van der Waals surface area contributed by atoms with Gasteiger partial charge in [-0.05, 0) is 49.6 Å². The first-order valence-corrected chi connectivity index (χ1v) is 11.2. The van der Waals surface area contributed by atoms with Crippen molar-refractivity contribution >= 4 is 0 Å². The van der Waals surface area contributed by atoms with Crippen molar-refractivity contribution in [3.63, 3.8) is 0 Å². The van der Waals surface area contributed by atoms with Crippen molar-refractivity contribution in [2.45, 2.75) is 40.6 Å². The van der Waals surface area contributed by atoms with E-state index in [-0.39, 0.29) is 0 Å². The molecule has 0 saturated carbocycles. The maximum absolute atomic E-state index is 6.20. The summed E-state index contributed by atoms with van der Waals surface area (Å²) in [6, 6.07) is 30.8. The smallest absolute Gasteiger partial charge is 0.165 e. The van der Waals surface area contributed by atoms with Crippen LogP contribution in [0.3, 0.4) is 0 Å². The van der Waals surface area contributed by atoms with Crippen LogP contribution in [-0.4, -0.2) is 0 Å². The molecule has 0 aromatic heterocycles. The van der Waals surface area contributed by atoms with Gasteiger partial charge in [0.15, 0.2) is 11.5 Å². The molecule has 0 heterocycles. The quantitative estimate of drug-likeness (QED) is 0.273. The topological polar surface area (TPSA) is 27.7 Å². The Balaban J connectivity index is 1.50. The summed E-state index contributed by atoms with van der Waals surface area (Å²) < 4.78 is 18.4. The van der Waals surface area contributed by atoms with Gasteiger partial charge in [0.05, 0.1) is 0 Å². The van der Waals surface area contributed by atoms with Gasteiger partial charge >= 0.3 is 0 Å². The van der Waals surface area contributed by atoms with Gasteiger partial charge in [0, 0.05) is 6.07 Å². The van der Waals surface area contributed by atoms with E-state index in [4.69, 9.17) is 14.2 Å². The molecule has 33 heavy (non-hydrogen) atoms. The number of benzene rings is 4. The van der Waals surface area contributed by atoms with Gasteiger partial charge in [-0.1, -0.05) is 89.5 Å². The lowest BCUT2D eigenvalue weighted by Crippen LogP contribution is -2.02. The lowest BCUT2D eigenvalue weighted by molar-refractivity contribution is 0.251. The van der Waals surface area contributed by atoms with Gasteiger partial charge in [-0.3, -0.25) is 0 Å². The zero-order chi connectivity index (χ0) is 23.0. The Hall–Kier alpha value is -3.72. The van der Waals surface area contributed by atoms with E-state index in [1.165, 1.54) is 16.7 Å². The average Bonchev–Trinajstić information content (AvgIpc) is 2.81. The van der Waals surface area contributed by atoms with E-state index in [9.17, 15) is 0 Å². The van der Waals surface area contributed by atoms with E-state index < -0.39 is 0 Å². The van der Waals surface area contributed by atoms with Crippen LogP contribution < -0.4 is 14.2 Å². The second-order valence-corrected chi connectivity index (χ2v) is 8.44. The first-order chi connectivity index (χ1) is 16.0. The summed E-state index contributed by atoms with van der Waals surface area (Å²) in [5.41, 5.74) is 7.02. The molecule has 0 aliphatic rings. The van der Waals surface area contributed by atoms with Crippen molar-refractivity contribution in [2.24, 2.45) is 0 Å². The van der Waals surface area contributed by atoms with Crippen LogP contribution in [0.5, 0.6) is 17.2 Å². The summed E-state index contributed by atoms with van der Waals surface area (Å²) in [4.78, 5) is 0. The van der Waals surface area contributed by atoms with Crippen molar-refractivity contribution in [1.82, 2.24) is 0 Å². The van der Waals surface area contributed by atoms with Crippen molar-refractivity contribution in [3.8, 4) is 17.2 Å². The Morgan fingerprint density at radius 3 is 1.39 bits per heavy atom. The van der Waals surface area contributed by atoms with Gasteiger partial charge < -0.3 is 14.2 Å². The van der Waals surface area contributed by atoms with E-state index in [0.29, 0.717) is 31.3 Å². The van der Waals surface area contributed by atoms with Crippen LogP contribution in [0, 0.1) is 20.8 Å². The molecule has 0 bridgehead atoms. The number of rotatable bonds is 9. The van der Waals surface area contributed by atoms with Gasteiger partial charge in [0.2, 0.25) is 0 Å². The molecule has 3 nitrogen and oxygen atoms in total. The molecule has 0 unspecified atom stereocenters. The highest BCUT2D eigenvalue weighted by Gasteiger charge is 2.10. The fourth-order valence-electron chi connectivity index (χ4n) is 3.70.